The SMILES string of the molecule is CCCCOC[C@H]1O[C@H](C(F)(F)CO)[C@H](NC(C)=O)[C@@H](OCCCC)[C@H]1OCCCC. The van der Waals surface area contributed by atoms with Gasteiger partial charge in [-0.15, -0.1) is 0 Å². The Hall–Kier alpha value is -0.870. The first kappa shape index (κ1) is 28.2. The van der Waals surface area contributed by atoms with Crippen molar-refractivity contribution in [1.29, 1.82) is 0 Å². The minimum atomic E-state index is -3.57. The molecule has 1 aliphatic heterocycles. The summed E-state index contributed by atoms with van der Waals surface area (Å²) in [6.45, 7) is 7.21. The summed E-state index contributed by atoms with van der Waals surface area (Å²) in [7, 11) is 0. The molecule has 1 fully saturated rings. The normalized spacial score (nSPS) is 26.7. The molecule has 1 aliphatic rings. The number of hydrogen-bond donors (Lipinski definition) is 2. The van der Waals surface area contributed by atoms with Gasteiger partial charge in [-0.25, -0.2) is 8.78 Å². The third-order valence-electron chi connectivity index (χ3n) is 5.23. The third kappa shape index (κ3) is 9.26. The van der Waals surface area contributed by atoms with Gasteiger partial charge in [-0.1, -0.05) is 40.0 Å². The maximum atomic E-state index is 14.7. The van der Waals surface area contributed by atoms with Crippen molar-refractivity contribution in [2.45, 2.75) is 103 Å². The van der Waals surface area contributed by atoms with Gasteiger partial charge in [-0.3, -0.25) is 4.79 Å². The quantitative estimate of drug-likeness (QED) is 0.349. The zero-order chi connectivity index (χ0) is 23.3. The predicted molar refractivity (Wildman–Crippen MR) is 113 cm³/mol. The maximum absolute atomic E-state index is 14.7. The molecule has 1 saturated heterocycles. The molecule has 0 unspecified atom stereocenters. The Morgan fingerprint density at radius 2 is 1.55 bits per heavy atom. The van der Waals surface area contributed by atoms with Gasteiger partial charge in [0.25, 0.3) is 5.92 Å². The highest BCUT2D eigenvalue weighted by atomic mass is 19.3. The molecule has 1 heterocycles. The fourth-order valence-electron chi connectivity index (χ4n) is 3.49. The van der Waals surface area contributed by atoms with Gasteiger partial charge in [0.15, 0.2) is 0 Å². The van der Waals surface area contributed by atoms with E-state index in [1.54, 1.807) is 0 Å². The average Bonchev–Trinajstić information content (AvgIpc) is 2.73. The summed E-state index contributed by atoms with van der Waals surface area (Å²) in [5.74, 6) is -4.06. The number of carbonyl (C=O) groups excluding carboxylic acids is 1. The Morgan fingerprint density at radius 3 is 2.06 bits per heavy atom. The number of aliphatic hydroxyl groups is 1. The van der Waals surface area contributed by atoms with Crippen molar-refractivity contribution < 1.29 is 37.6 Å². The number of alkyl halides is 2. The Bertz CT molecular complexity index is 497. The predicted octanol–water partition coefficient (Wildman–Crippen LogP) is 3.07. The van der Waals surface area contributed by atoms with E-state index >= 15 is 0 Å². The lowest BCUT2D eigenvalue weighted by Crippen LogP contribution is -2.69. The van der Waals surface area contributed by atoms with Crippen LogP contribution < -0.4 is 5.32 Å². The monoisotopic (exact) mass is 453 g/mol. The molecule has 7 nitrogen and oxygen atoms in total. The number of nitrogens with one attached hydrogen (secondary N) is 1. The molecule has 0 aromatic rings. The Labute approximate surface area is 185 Å². The van der Waals surface area contributed by atoms with Crippen LogP contribution in [0.1, 0.15) is 66.2 Å². The van der Waals surface area contributed by atoms with Crippen LogP contribution in [0.4, 0.5) is 8.78 Å². The second-order valence-electron chi connectivity index (χ2n) is 8.05. The summed E-state index contributed by atoms with van der Waals surface area (Å²) >= 11 is 0. The number of halogens is 2. The summed E-state index contributed by atoms with van der Waals surface area (Å²) < 4.78 is 52.9. The number of hydrogen-bond acceptors (Lipinski definition) is 6. The van der Waals surface area contributed by atoms with E-state index in [1.165, 1.54) is 6.92 Å². The summed E-state index contributed by atoms with van der Waals surface area (Å²) in [5, 5.41) is 11.9. The zero-order valence-electron chi connectivity index (χ0n) is 19.4. The van der Waals surface area contributed by atoms with Gasteiger partial charge in [0.2, 0.25) is 5.91 Å². The first-order valence-corrected chi connectivity index (χ1v) is 11.5. The fraction of sp³-hybridized carbons (Fsp3) is 0.955. The van der Waals surface area contributed by atoms with Gasteiger partial charge in [-0.05, 0) is 19.3 Å². The maximum Gasteiger partial charge on any atom is 0.298 e. The number of rotatable bonds is 16. The first-order chi connectivity index (χ1) is 14.8. The van der Waals surface area contributed by atoms with Crippen LogP contribution in [0, 0.1) is 0 Å². The van der Waals surface area contributed by atoms with Crippen molar-refractivity contribution in [3.05, 3.63) is 0 Å². The van der Waals surface area contributed by atoms with Gasteiger partial charge in [0.1, 0.15) is 31.0 Å². The molecule has 9 heteroatoms. The van der Waals surface area contributed by atoms with Crippen LogP contribution in [0.2, 0.25) is 0 Å². The highest BCUT2D eigenvalue weighted by Crippen LogP contribution is 2.35. The van der Waals surface area contributed by atoms with E-state index in [4.69, 9.17) is 18.9 Å². The molecular formula is C22H41F2NO6. The van der Waals surface area contributed by atoms with Gasteiger partial charge in [-0.2, -0.15) is 0 Å². The van der Waals surface area contributed by atoms with Crippen molar-refractivity contribution in [2.24, 2.45) is 0 Å². The van der Waals surface area contributed by atoms with Crippen molar-refractivity contribution in [2.75, 3.05) is 33.0 Å². The van der Waals surface area contributed by atoms with Gasteiger partial charge in [0, 0.05) is 26.7 Å². The second-order valence-corrected chi connectivity index (χ2v) is 8.05. The Morgan fingerprint density at radius 1 is 1.00 bits per heavy atom. The number of ether oxygens (including phenoxy) is 4. The fourth-order valence-corrected chi connectivity index (χ4v) is 3.49. The van der Waals surface area contributed by atoms with Crippen molar-refractivity contribution in [3.8, 4) is 0 Å². The van der Waals surface area contributed by atoms with Crippen LogP contribution in [-0.2, 0) is 23.7 Å². The molecule has 0 aromatic carbocycles. The van der Waals surface area contributed by atoms with Gasteiger partial charge in [0.05, 0.1) is 12.6 Å². The molecular weight excluding hydrogens is 412 g/mol. The highest BCUT2D eigenvalue weighted by Gasteiger charge is 2.56. The van der Waals surface area contributed by atoms with Crippen LogP contribution in [-0.4, -0.2) is 80.4 Å². The molecule has 1 rings (SSSR count). The van der Waals surface area contributed by atoms with Crippen LogP contribution in [0.25, 0.3) is 0 Å². The van der Waals surface area contributed by atoms with E-state index in [-0.39, 0.29) is 6.61 Å². The molecule has 1 amide bonds. The van der Waals surface area contributed by atoms with Crippen LogP contribution in [0.5, 0.6) is 0 Å². The summed E-state index contributed by atoms with van der Waals surface area (Å²) in [4.78, 5) is 11.8. The number of aliphatic hydroxyl groups excluding tert-OH is 1. The summed E-state index contributed by atoms with van der Waals surface area (Å²) in [5.41, 5.74) is 0. The van der Waals surface area contributed by atoms with Crippen LogP contribution in [0.3, 0.4) is 0 Å². The molecule has 0 saturated carbocycles. The van der Waals surface area contributed by atoms with Gasteiger partial charge >= 0.3 is 0 Å². The minimum absolute atomic E-state index is 0.0647. The van der Waals surface area contributed by atoms with E-state index in [9.17, 15) is 18.7 Å². The molecule has 0 radical (unpaired) electrons. The summed E-state index contributed by atoms with van der Waals surface area (Å²) in [6, 6.07) is -1.17. The molecule has 184 valence electrons. The van der Waals surface area contributed by atoms with E-state index in [2.05, 4.69) is 5.32 Å². The van der Waals surface area contributed by atoms with Gasteiger partial charge < -0.3 is 29.4 Å². The van der Waals surface area contributed by atoms with E-state index in [0.717, 1.165) is 38.5 Å². The highest BCUT2D eigenvalue weighted by molar-refractivity contribution is 5.73. The third-order valence-corrected chi connectivity index (χ3v) is 5.23. The summed E-state index contributed by atoms with van der Waals surface area (Å²) in [6.07, 6.45) is 0.980. The van der Waals surface area contributed by atoms with E-state index < -0.39 is 48.9 Å². The molecule has 0 bridgehead atoms. The smallest absolute Gasteiger partial charge is 0.298 e. The topological polar surface area (TPSA) is 86.2 Å². The molecule has 5 atom stereocenters. The van der Waals surface area contributed by atoms with Crippen molar-refractivity contribution in [3.63, 3.8) is 0 Å². The second kappa shape index (κ2) is 15.1. The molecule has 0 spiro atoms. The van der Waals surface area contributed by atoms with Crippen molar-refractivity contribution in [1.82, 2.24) is 5.32 Å². The molecule has 31 heavy (non-hydrogen) atoms. The lowest BCUT2D eigenvalue weighted by Gasteiger charge is -2.48. The van der Waals surface area contributed by atoms with Crippen LogP contribution >= 0.6 is 0 Å². The Kier molecular flexibility index (Phi) is 13.7. The number of unbranched alkanes of at least 4 members (excludes halogenated alkanes) is 3. The first-order valence-electron chi connectivity index (χ1n) is 11.5. The lowest BCUT2D eigenvalue weighted by molar-refractivity contribution is -0.274. The van der Waals surface area contributed by atoms with E-state index in [1.807, 2.05) is 20.8 Å². The number of carbonyl (C=O) groups is 1. The average molecular weight is 454 g/mol. The zero-order valence-corrected chi connectivity index (χ0v) is 19.4. The molecule has 0 aliphatic carbocycles. The van der Waals surface area contributed by atoms with Crippen molar-refractivity contribution >= 4 is 5.91 Å². The largest absolute Gasteiger partial charge is 0.390 e. The number of amides is 1. The molecule has 2 N–H and O–H groups in total. The lowest BCUT2D eigenvalue weighted by atomic mass is 9.89. The minimum Gasteiger partial charge on any atom is -0.390 e. The van der Waals surface area contributed by atoms with E-state index in [0.29, 0.717) is 19.8 Å². The molecule has 0 aromatic heterocycles. The standard InChI is InChI=1S/C22H41F2NO6/c1-5-8-11-28-14-17-19(29-12-9-6-2)20(30-13-10-7-3)18(25-16(4)27)21(31-17)22(23,24)15-26/h17-21,26H,5-15H2,1-4H3,(H,25,27)/t17-,18-,19+,20-,21+/m1/s1. The Balaban J connectivity index is 3.21. The van der Waals surface area contributed by atoms with Crippen LogP contribution in [0.15, 0.2) is 0 Å².